The molecule has 2 heterocycles. The Balaban J connectivity index is 1.45. The van der Waals surface area contributed by atoms with Crippen LogP contribution in [-0.2, 0) is 0 Å². The summed E-state index contributed by atoms with van der Waals surface area (Å²) in [5, 5.41) is 5.61. The maximum Gasteiger partial charge on any atom is 0.348 e. The first-order valence-electron chi connectivity index (χ1n) is 9.01. The van der Waals surface area contributed by atoms with Crippen LogP contribution in [-0.4, -0.2) is 38.7 Å². The Morgan fingerprint density at radius 2 is 1.75 bits per heavy atom. The molecule has 0 bridgehead atoms. The lowest BCUT2D eigenvalue weighted by molar-refractivity contribution is 0.0711. The Hall–Kier alpha value is -2.57. The van der Waals surface area contributed by atoms with Gasteiger partial charge in [0.2, 0.25) is 0 Å². The third-order valence-electron chi connectivity index (χ3n) is 4.95. The number of aromatic amines is 1. The summed E-state index contributed by atoms with van der Waals surface area (Å²) in [7, 11) is 0. The molecule has 1 saturated heterocycles. The number of hydrogen-bond acceptors (Lipinski definition) is 3. The standard InChI is InChI=1S/C20H18Cl2N4O2/c21-15-4-6-17(7-5-15)26-20(28)23-18(24-26)13-8-10-25(11-9-13)19(27)14-2-1-3-16(22)12-14/h1-7,12-13H,8-11H2,(H,23,24,28). The molecule has 0 spiro atoms. The molecule has 0 saturated carbocycles. The minimum atomic E-state index is -0.283. The van der Waals surface area contributed by atoms with Crippen molar-refractivity contribution in [3.05, 3.63) is 80.4 Å². The van der Waals surface area contributed by atoms with Gasteiger partial charge in [0.05, 0.1) is 5.69 Å². The highest BCUT2D eigenvalue weighted by Gasteiger charge is 2.27. The average molecular weight is 417 g/mol. The minimum Gasteiger partial charge on any atom is -0.339 e. The molecule has 8 heteroatoms. The van der Waals surface area contributed by atoms with Crippen molar-refractivity contribution >= 4 is 29.1 Å². The third kappa shape index (κ3) is 3.84. The van der Waals surface area contributed by atoms with Gasteiger partial charge in [-0.05, 0) is 55.3 Å². The fourth-order valence-electron chi connectivity index (χ4n) is 3.44. The highest BCUT2D eigenvalue weighted by molar-refractivity contribution is 6.31. The van der Waals surface area contributed by atoms with Gasteiger partial charge in [-0.15, -0.1) is 5.10 Å². The number of nitrogens with one attached hydrogen (secondary N) is 1. The van der Waals surface area contributed by atoms with E-state index in [9.17, 15) is 9.59 Å². The number of H-pyrrole nitrogens is 1. The number of benzene rings is 2. The molecule has 1 fully saturated rings. The van der Waals surface area contributed by atoms with Crippen LogP contribution in [0.15, 0.2) is 53.3 Å². The molecule has 0 radical (unpaired) electrons. The number of amides is 1. The maximum atomic E-state index is 12.6. The largest absolute Gasteiger partial charge is 0.348 e. The molecule has 2 aromatic carbocycles. The first-order chi connectivity index (χ1) is 13.5. The summed E-state index contributed by atoms with van der Waals surface area (Å²) in [5.41, 5.74) is 0.964. The van der Waals surface area contributed by atoms with E-state index in [2.05, 4.69) is 10.1 Å². The van der Waals surface area contributed by atoms with Gasteiger partial charge < -0.3 is 4.90 Å². The molecule has 1 aromatic heterocycles. The molecule has 1 amide bonds. The highest BCUT2D eigenvalue weighted by Crippen LogP contribution is 2.26. The van der Waals surface area contributed by atoms with Crippen molar-refractivity contribution in [3.8, 4) is 5.69 Å². The summed E-state index contributed by atoms with van der Waals surface area (Å²) in [5.74, 6) is 0.723. The lowest BCUT2D eigenvalue weighted by Gasteiger charge is -2.31. The number of nitrogens with zero attached hydrogens (tertiary/aromatic N) is 3. The Kier molecular flexibility index (Phi) is 5.24. The van der Waals surface area contributed by atoms with Crippen LogP contribution in [0, 0.1) is 0 Å². The molecule has 0 atom stereocenters. The molecule has 0 aliphatic carbocycles. The number of carbonyl (C=O) groups excluding carboxylic acids is 1. The topological polar surface area (TPSA) is 71.0 Å². The second-order valence-corrected chi connectivity index (χ2v) is 7.65. The van der Waals surface area contributed by atoms with E-state index in [4.69, 9.17) is 23.2 Å². The number of carbonyl (C=O) groups is 1. The van der Waals surface area contributed by atoms with Crippen LogP contribution in [0.3, 0.4) is 0 Å². The molecule has 6 nitrogen and oxygen atoms in total. The minimum absolute atomic E-state index is 0.0267. The molecule has 28 heavy (non-hydrogen) atoms. The molecule has 1 aliphatic rings. The van der Waals surface area contributed by atoms with Crippen molar-refractivity contribution in [3.63, 3.8) is 0 Å². The molecule has 1 N–H and O–H groups in total. The second kappa shape index (κ2) is 7.81. The number of piperidine rings is 1. The number of rotatable bonds is 3. The first kappa shape index (κ1) is 18.8. The summed E-state index contributed by atoms with van der Waals surface area (Å²) >= 11 is 11.9. The predicted molar refractivity (Wildman–Crippen MR) is 109 cm³/mol. The maximum absolute atomic E-state index is 12.6. The van der Waals surface area contributed by atoms with Crippen LogP contribution in [0.5, 0.6) is 0 Å². The summed E-state index contributed by atoms with van der Waals surface area (Å²) in [6.45, 7) is 1.21. The van der Waals surface area contributed by atoms with Gasteiger partial charge in [-0.3, -0.25) is 9.78 Å². The van der Waals surface area contributed by atoms with Crippen LogP contribution >= 0.6 is 23.2 Å². The zero-order valence-electron chi connectivity index (χ0n) is 14.9. The van der Waals surface area contributed by atoms with E-state index in [0.717, 1.165) is 12.8 Å². The van der Waals surface area contributed by atoms with E-state index >= 15 is 0 Å². The van der Waals surface area contributed by atoms with Crippen LogP contribution in [0.2, 0.25) is 10.0 Å². The van der Waals surface area contributed by atoms with Gasteiger partial charge in [0.15, 0.2) is 0 Å². The lowest BCUT2D eigenvalue weighted by atomic mass is 9.95. The van der Waals surface area contributed by atoms with E-state index in [1.165, 1.54) is 4.68 Å². The Bertz CT molecular complexity index is 1050. The summed E-state index contributed by atoms with van der Waals surface area (Å²) < 4.78 is 1.34. The Labute approximate surface area is 171 Å². The van der Waals surface area contributed by atoms with Gasteiger partial charge in [0, 0.05) is 34.6 Å². The number of halogens is 2. The van der Waals surface area contributed by atoms with Gasteiger partial charge in [-0.25, -0.2) is 4.79 Å². The van der Waals surface area contributed by atoms with Crippen LogP contribution in [0.1, 0.15) is 34.9 Å². The van der Waals surface area contributed by atoms with Crippen molar-refractivity contribution in [2.24, 2.45) is 0 Å². The second-order valence-electron chi connectivity index (χ2n) is 6.78. The molecular formula is C20H18Cl2N4O2. The van der Waals surface area contributed by atoms with Gasteiger partial charge in [0.1, 0.15) is 5.82 Å². The number of likely N-dealkylation sites (tertiary alicyclic amines) is 1. The summed E-state index contributed by atoms with van der Waals surface area (Å²) in [6.07, 6.45) is 1.47. The molecule has 3 aromatic rings. The fraction of sp³-hybridized carbons (Fsp3) is 0.250. The van der Waals surface area contributed by atoms with Crippen molar-refractivity contribution in [2.75, 3.05) is 13.1 Å². The van der Waals surface area contributed by atoms with Crippen LogP contribution < -0.4 is 5.69 Å². The number of hydrogen-bond donors (Lipinski definition) is 1. The number of aromatic nitrogens is 3. The van der Waals surface area contributed by atoms with E-state index in [0.29, 0.717) is 40.2 Å². The lowest BCUT2D eigenvalue weighted by Crippen LogP contribution is -2.38. The molecule has 0 unspecified atom stereocenters. The van der Waals surface area contributed by atoms with Crippen molar-refractivity contribution < 1.29 is 4.79 Å². The van der Waals surface area contributed by atoms with E-state index < -0.39 is 0 Å². The summed E-state index contributed by atoms with van der Waals surface area (Å²) in [6, 6.07) is 13.9. The molecule has 1 aliphatic heterocycles. The quantitative estimate of drug-likeness (QED) is 0.703. The predicted octanol–water partition coefficient (Wildman–Crippen LogP) is 3.89. The van der Waals surface area contributed by atoms with Gasteiger partial charge >= 0.3 is 5.69 Å². The van der Waals surface area contributed by atoms with E-state index in [1.807, 2.05) is 4.90 Å². The van der Waals surface area contributed by atoms with Gasteiger partial charge in [-0.1, -0.05) is 29.3 Å². The van der Waals surface area contributed by atoms with Gasteiger partial charge in [-0.2, -0.15) is 4.68 Å². The monoisotopic (exact) mass is 416 g/mol. The fourth-order valence-corrected chi connectivity index (χ4v) is 3.76. The van der Waals surface area contributed by atoms with Crippen LogP contribution in [0.4, 0.5) is 0 Å². The molecule has 144 valence electrons. The zero-order valence-corrected chi connectivity index (χ0v) is 16.5. The highest BCUT2D eigenvalue weighted by atomic mass is 35.5. The average Bonchev–Trinajstić information content (AvgIpc) is 3.10. The zero-order chi connectivity index (χ0) is 19.7. The van der Waals surface area contributed by atoms with Crippen LogP contribution in [0.25, 0.3) is 5.69 Å². The first-order valence-corrected chi connectivity index (χ1v) is 9.77. The normalized spacial score (nSPS) is 15.0. The van der Waals surface area contributed by atoms with Crippen molar-refractivity contribution in [2.45, 2.75) is 18.8 Å². The SMILES string of the molecule is O=C(c1cccc(Cl)c1)N1CCC(c2nn(-c3ccc(Cl)cc3)c(=O)[nH]2)CC1. The van der Waals surface area contributed by atoms with Crippen molar-refractivity contribution in [1.82, 2.24) is 19.7 Å². The van der Waals surface area contributed by atoms with E-state index in [1.54, 1.807) is 48.5 Å². The van der Waals surface area contributed by atoms with Gasteiger partial charge in [0.25, 0.3) is 5.91 Å². The van der Waals surface area contributed by atoms with Crippen molar-refractivity contribution in [1.29, 1.82) is 0 Å². The Morgan fingerprint density at radius 3 is 2.43 bits per heavy atom. The smallest absolute Gasteiger partial charge is 0.339 e. The third-order valence-corrected chi connectivity index (χ3v) is 5.43. The van der Waals surface area contributed by atoms with E-state index in [-0.39, 0.29) is 17.5 Å². The molecule has 4 rings (SSSR count). The molecular weight excluding hydrogens is 399 g/mol. The summed E-state index contributed by atoms with van der Waals surface area (Å²) in [4.78, 5) is 29.6. The Morgan fingerprint density at radius 1 is 1.04 bits per heavy atom.